The molecule has 0 bridgehead atoms. The predicted molar refractivity (Wildman–Crippen MR) is 99.6 cm³/mol. The number of hydrogen-bond acceptors (Lipinski definition) is 5. The van der Waals surface area contributed by atoms with Crippen molar-refractivity contribution in [2.45, 2.75) is 71.1 Å². The molecular formula is C21H29NO4. The number of carbonyl (C=O) groups excluding carboxylic acids is 2. The fourth-order valence-electron chi connectivity index (χ4n) is 2.47. The number of rotatable bonds is 13. The van der Waals surface area contributed by atoms with Crippen LogP contribution in [0.1, 0.15) is 76.7 Å². The second-order valence-corrected chi connectivity index (χ2v) is 6.31. The van der Waals surface area contributed by atoms with Gasteiger partial charge in [-0.2, -0.15) is 5.26 Å². The molecule has 0 aliphatic heterocycles. The van der Waals surface area contributed by atoms with Crippen LogP contribution in [0.4, 0.5) is 0 Å². The van der Waals surface area contributed by atoms with E-state index in [-0.39, 0.29) is 18.8 Å². The maximum atomic E-state index is 11.7. The lowest BCUT2D eigenvalue weighted by atomic mass is 10.1. The molecule has 142 valence electrons. The number of esters is 2. The molecule has 0 heterocycles. The SMILES string of the molecule is CCCCCCCCCOC(=O)CCCC(=O)Oc1ccc(C#N)cc1. The third kappa shape index (κ3) is 10.5. The van der Waals surface area contributed by atoms with Gasteiger partial charge in [-0.1, -0.05) is 45.4 Å². The fraction of sp³-hybridized carbons (Fsp3) is 0.571. The van der Waals surface area contributed by atoms with Crippen molar-refractivity contribution in [2.24, 2.45) is 0 Å². The summed E-state index contributed by atoms with van der Waals surface area (Å²) in [6.45, 7) is 2.66. The van der Waals surface area contributed by atoms with Gasteiger partial charge in [0, 0.05) is 12.8 Å². The number of nitrogens with zero attached hydrogens (tertiary/aromatic N) is 1. The highest BCUT2D eigenvalue weighted by molar-refractivity contribution is 5.74. The maximum Gasteiger partial charge on any atom is 0.311 e. The molecule has 0 fully saturated rings. The fourth-order valence-corrected chi connectivity index (χ4v) is 2.47. The Morgan fingerprint density at radius 2 is 1.50 bits per heavy atom. The van der Waals surface area contributed by atoms with Crippen molar-refractivity contribution in [1.29, 1.82) is 5.26 Å². The van der Waals surface area contributed by atoms with Gasteiger partial charge in [0.1, 0.15) is 5.75 Å². The van der Waals surface area contributed by atoms with E-state index in [1.165, 1.54) is 32.1 Å². The molecule has 0 saturated heterocycles. The Balaban J connectivity index is 2.03. The van der Waals surface area contributed by atoms with Gasteiger partial charge in [-0.3, -0.25) is 9.59 Å². The number of nitriles is 1. The summed E-state index contributed by atoms with van der Waals surface area (Å²) in [6, 6.07) is 8.33. The number of benzene rings is 1. The van der Waals surface area contributed by atoms with Crippen LogP contribution in [0.15, 0.2) is 24.3 Å². The van der Waals surface area contributed by atoms with Gasteiger partial charge in [0.05, 0.1) is 18.2 Å². The average molecular weight is 359 g/mol. The second kappa shape index (κ2) is 13.9. The first-order chi connectivity index (χ1) is 12.7. The van der Waals surface area contributed by atoms with Gasteiger partial charge in [-0.25, -0.2) is 0 Å². The van der Waals surface area contributed by atoms with E-state index in [0.717, 1.165) is 12.8 Å². The van der Waals surface area contributed by atoms with E-state index in [2.05, 4.69) is 6.92 Å². The van der Waals surface area contributed by atoms with Gasteiger partial charge in [0.15, 0.2) is 0 Å². The largest absolute Gasteiger partial charge is 0.466 e. The zero-order chi connectivity index (χ0) is 19.0. The first kappa shape index (κ1) is 21.7. The Morgan fingerprint density at radius 3 is 2.15 bits per heavy atom. The monoisotopic (exact) mass is 359 g/mol. The molecular weight excluding hydrogens is 330 g/mol. The second-order valence-electron chi connectivity index (χ2n) is 6.31. The molecule has 0 N–H and O–H groups in total. The predicted octanol–water partition coefficient (Wildman–Crippen LogP) is 4.93. The average Bonchev–Trinajstić information content (AvgIpc) is 2.64. The van der Waals surface area contributed by atoms with Crippen molar-refractivity contribution in [3.63, 3.8) is 0 Å². The minimum Gasteiger partial charge on any atom is -0.466 e. The molecule has 5 nitrogen and oxygen atoms in total. The number of ether oxygens (including phenoxy) is 2. The first-order valence-corrected chi connectivity index (χ1v) is 9.52. The van der Waals surface area contributed by atoms with Crippen molar-refractivity contribution in [2.75, 3.05) is 6.61 Å². The quantitative estimate of drug-likeness (QED) is 0.283. The number of hydrogen-bond donors (Lipinski definition) is 0. The molecule has 0 unspecified atom stereocenters. The zero-order valence-corrected chi connectivity index (χ0v) is 15.7. The van der Waals surface area contributed by atoms with Crippen LogP contribution in [0, 0.1) is 11.3 Å². The molecule has 0 atom stereocenters. The first-order valence-electron chi connectivity index (χ1n) is 9.52. The van der Waals surface area contributed by atoms with Crippen LogP contribution < -0.4 is 4.74 Å². The highest BCUT2D eigenvalue weighted by Gasteiger charge is 2.08. The van der Waals surface area contributed by atoms with E-state index in [1.54, 1.807) is 24.3 Å². The molecule has 0 amide bonds. The Morgan fingerprint density at radius 1 is 0.885 bits per heavy atom. The van der Waals surface area contributed by atoms with Crippen LogP contribution in [0.25, 0.3) is 0 Å². The van der Waals surface area contributed by atoms with Crippen LogP contribution in [0.3, 0.4) is 0 Å². The van der Waals surface area contributed by atoms with Crippen molar-refractivity contribution < 1.29 is 19.1 Å². The Kier molecular flexibility index (Phi) is 11.6. The van der Waals surface area contributed by atoms with Gasteiger partial charge in [-0.15, -0.1) is 0 Å². The van der Waals surface area contributed by atoms with Crippen molar-refractivity contribution in [3.8, 4) is 11.8 Å². The van der Waals surface area contributed by atoms with Crippen LogP contribution in [0.2, 0.25) is 0 Å². The summed E-state index contributed by atoms with van der Waals surface area (Å²) in [6.07, 6.45) is 9.06. The van der Waals surface area contributed by atoms with Crippen molar-refractivity contribution >= 4 is 11.9 Å². The van der Waals surface area contributed by atoms with E-state index in [4.69, 9.17) is 14.7 Å². The van der Waals surface area contributed by atoms with E-state index in [0.29, 0.717) is 24.3 Å². The molecule has 1 aromatic rings. The van der Waals surface area contributed by atoms with Crippen LogP contribution >= 0.6 is 0 Å². The zero-order valence-electron chi connectivity index (χ0n) is 15.7. The Hall–Kier alpha value is -2.35. The number of carbonyl (C=O) groups is 2. The van der Waals surface area contributed by atoms with Crippen LogP contribution in [-0.4, -0.2) is 18.5 Å². The minimum absolute atomic E-state index is 0.159. The Labute approximate surface area is 156 Å². The molecule has 0 spiro atoms. The third-order valence-electron chi connectivity index (χ3n) is 3.99. The van der Waals surface area contributed by atoms with Gasteiger partial charge in [0.2, 0.25) is 0 Å². The molecule has 0 aliphatic carbocycles. The van der Waals surface area contributed by atoms with Crippen molar-refractivity contribution in [1.82, 2.24) is 0 Å². The van der Waals surface area contributed by atoms with E-state index < -0.39 is 5.97 Å². The molecule has 5 heteroatoms. The molecule has 0 aromatic heterocycles. The molecule has 0 saturated carbocycles. The molecule has 26 heavy (non-hydrogen) atoms. The summed E-state index contributed by atoms with van der Waals surface area (Å²) >= 11 is 0. The lowest BCUT2D eigenvalue weighted by Crippen LogP contribution is -2.10. The molecule has 1 rings (SSSR count). The topological polar surface area (TPSA) is 76.4 Å². The van der Waals surface area contributed by atoms with Gasteiger partial charge >= 0.3 is 11.9 Å². The van der Waals surface area contributed by atoms with Crippen molar-refractivity contribution in [3.05, 3.63) is 29.8 Å². The van der Waals surface area contributed by atoms with Crippen LogP contribution in [-0.2, 0) is 14.3 Å². The van der Waals surface area contributed by atoms with Gasteiger partial charge in [0.25, 0.3) is 0 Å². The number of unbranched alkanes of at least 4 members (excludes halogenated alkanes) is 6. The smallest absolute Gasteiger partial charge is 0.311 e. The van der Waals surface area contributed by atoms with E-state index >= 15 is 0 Å². The molecule has 0 aliphatic rings. The van der Waals surface area contributed by atoms with Crippen LogP contribution in [0.5, 0.6) is 5.75 Å². The third-order valence-corrected chi connectivity index (χ3v) is 3.99. The standard InChI is InChI=1S/C21H29NO4/c1-2-3-4-5-6-7-8-16-25-20(23)10-9-11-21(24)26-19-14-12-18(17-22)13-15-19/h12-15H,2-11,16H2,1H3. The summed E-state index contributed by atoms with van der Waals surface area (Å²) in [7, 11) is 0. The van der Waals surface area contributed by atoms with Gasteiger partial charge < -0.3 is 9.47 Å². The highest BCUT2D eigenvalue weighted by atomic mass is 16.5. The molecule has 0 radical (unpaired) electrons. The van der Waals surface area contributed by atoms with Gasteiger partial charge in [-0.05, 0) is 37.1 Å². The minimum atomic E-state index is -0.394. The summed E-state index contributed by atoms with van der Waals surface area (Å²) in [5, 5.41) is 8.71. The normalized spacial score (nSPS) is 10.2. The lowest BCUT2D eigenvalue weighted by molar-refractivity contribution is -0.144. The summed E-state index contributed by atoms with van der Waals surface area (Å²) in [5.41, 5.74) is 0.508. The van der Waals surface area contributed by atoms with E-state index in [9.17, 15) is 9.59 Å². The lowest BCUT2D eigenvalue weighted by Gasteiger charge is -2.06. The maximum absolute atomic E-state index is 11.7. The Bertz CT molecular complexity index is 575. The molecule has 1 aromatic carbocycles. The highest BCUT2D eigenvalue weighted by Crippen LogP contribution is 2.13. The summed E-state index contributed by atoms with van der Waals surface area (Å²) in [4.78, 5) is 23.3. The summed E-state index contributed by atoms with van der Waals surface area (Å²) in [5.74, 6) is -0.257. The van der Waals surface area contributed by atoms with E-state index in [1.807, 2.05) is 6.07 Å². The summed E-state index contributed by atoms with van der Waals surface area (Å²) < 4.78 is 10.3.